The van der Waals surface area contributed by atoms with Crippen molar-refractivity contribution in [2.24, 2.45) is 0 Å². The molecule has 0 radical (unpaired) electrons. The molecular formula is C14H11FN2O4. The largest absolute Gasteiger partial charge is 0.481 e. The summed E-state index contributed by atoms with van der Waals surface area (Å²) >= 11 is 0. The van der Waals surface area contributed by atoms with Crippen molar-refractivity contribution < 1.29 is 23.8 Å². The van der Waals surface area contributed by atoms with E-state index in [0.29, 0.717) is 5.69 Å². The SMILES string of the molecule is O=C(COc1cccnc1C(=O)O)Nc1ccc(F)cc1. The first-order valence-electron chi connectivity index (χ1n) is 5.93. The second-order valence-electron chi connectivity index (χ2n) is 4.00. The normalized spacial score (nSPS) is 9.95. The molecule has 1 aromatic heterocycles. The highest BCUT2D eigenvalue weighted by molar-refractivity contribution is 5.92. The van der Waals surface area contributed by atoms with Crippen LogP contribution in [0.15, 0.2) is 42.6 Å². The number of carbonyl (C=O) groups is 2. The highest BCUT2D eigenvalue weighted by atomic mass is 19.1. The number of halogens is 1. The van der Waals surface area contributed by atoms with Crippen LogP contribution in [0.2, 0.25) is 0 Å². The third-order valence-corrected chi connectivity index (χ3v) is 2.46. The summed E-state index contributed by atoms with van der Waals surface area (Å²) in [7, 11) is 0. The van der Waals surface area contributed by atoms with E-state index in [1.54, 1.807) is 0 Å². The van der Waals surface area contributed by atoms with Gasteiger partial charge in [-0.05, 0) is 36.4 Å². The molecule has 0 atom stereocenters. The van der Waals surface area contributed by atoms with E-state index in [1.165, 1.54) is 42.6 Å². The van der Waals surface area contributed by atoms with Gasteiger partial charge in [0.15, 0.2) is 18.1 Å². The van der Waals surface area contributed by atoms with Gasteiger partial charge in [0.05, 0.1) is 0 Å². The number of carbonyl (C=O) groups excluding carboxylic acids is 1. The topological polar surface area (TPSA) is 88.5 Å². The molecule has 0 aliphatic rings. The maximum atomic E-state index is 12.7. The number of benzene rings is 1. The molecule has 2 aromatic rings. The minimum absolute atomic E-state index is 0.000689. The van der Waals surface area contributed by atoms with Crippen molar-refractivity contribution in [2.45, 2.75) is 0 Å². The van der Waals surface area contributed by atoms with E-state index >= 15 is 0 Å². The molecule has 6 nitrogen and oxygen atoms in total. The van der Waals surface area contributed by atoms with Crippen LogP contribution in [-0.2, 0) is 4.79 Å². The Morgan fingerprint density at radius 1 is 1.24 bits per heavy atom. The lowest BCUT2D eigenvalue weighted by Crippen LogP contribution is -2.21. The predicted octanol–water partition coefficient (Wildman–Crippen LogP) is 1.94. The Hall–Kier alpha value is -2.96. The Morgan fingerprint density at radius 3 is 2.62 bits per heavy atom. The molecule has 1 heterocycles. The van der Waals surface area contributed by atoms with Crippen molar-refractivity contribution >= 4 is 17.6 Å². The van der Waals surface area contributed by atoms with Crippen LogP contribution >= 0.6 is 0 Å². The number of hydrogen-bond donors (Lipinski definition) is 2. The van der Waals surface area contributed by atoms with Gasteiger partial charge in [0.2, 0.25) is 0 Å². The van der Waals surface area contributed by atoms with E-state index in [9.17, 15) is 14.0 Å². The molecule has 0 aliphatic heterocycles. The van der Waals surface area contributed by atoms with E-state index in [0.717, 1.165) is 0 Å². The summed E-state index contributed by atoms with van der Waals surface area (Å²) in [6, 6.07) is 8.13. The second kappa shape index (κ2) is 6.47. The fourth-order valence-corrected chi connectivity index (χ4v) is 1.54. The van der Waals surface area contributed by atoms with E-state index in [1.807, 2.05) is 0 Å². The Balaban J connectivity index is 1.95. The molecule has 0 bridgehead atoms. The molecule has 0 aliphatic carbocycles. The fraction of sp³-hybridized carbons (Fsp3) is 0.0714. The van der Waals surface area contributed by atoms with Crippen molar-refractivity contribution in [1.29, 1.82) is 0 Å². The molecule has 2 N–H and O–H groups in total. The molecule has 0 fully saturated rings. The van der Waals surface area contributed by atoms with Crippen LogP contribution < -0.4 is 10.1 Å². The average Bonchev–Trinajstić information content (AvgIpc) is 2.48. The number of carboxylic acids is 1. The van der Waals surface area contributed by atoms with Crippen molar-refractivity contribution in [3.8, 4) is 5.75 Å². The zero-order chi connectivity index (χ0) is 15.2. The summed E-state index contributed by atoms with van der Waals surface area (Å²) in [6.45, 7) is -0.386. The Kier molecular flexibility index (Phi) is 4.45. The number of amides is 1. The summed E-state index contributed by atoms with van der Waals surface area (Å²) in [5, 5.41) is 11.4. The van der Waals surface area contributed by atoms with Crippen LogP contribution in [-0.4, -0.2) is 28.6 Å². The fourth-order valence-electron chi connectivity index (χ4n) is 1.54. The number of carboxylic acid groups (broad SMARTS) is 1. The van der Waals surface area contributed by atoms with Crippen molar-refractivity contribution in [2.75, 3.05) is 11.9 Å². The molecule has 1 amide bonds. The maximum Gasteiger partial charge on any atom is 0.358 e. The standard InChI is InChI=1S/C14H11FN2O4/c15-9-3-5-10(6-4-9)17-12(18)8-21-11-2-1-7-16-13(11)14(19)20/h1-7H,8H2,(H,17,18)(H,19,20). The van der Waals surface area contributed by atoms with Gasteiger partial charge in [0.1, 0.15) is 5.82 Å². The third kappa shape index (κ3) is 4.00. The van der Waals surface area contributed by atoms with E-state index < -0.39 is 17.7 Å². The van der Waals surface area contributed by atoms with Gasteiger partial charge < -0.3 is 15.2 Å². The van der Waals surface area contributed by atoms with Crippen LogP contribution in [0.4, 0.5) is 10.1 Å². The van der Waals surface area contributed by atoms with Crippen molar-refractivity contribution in [1.82, 2.24) is 4.98 Å². The summed E-state index contributed by atoms with van der Waals surface area (Å²) in [5.41, 5.74) is 0.140. The van der Waals surface area contributed by atoms with Gasteiger partial charge in [-0.1, -0.05) is 0 Å². The summed E-state index contributed by atoms with van der Waals surface area (Å²) in [5.74, 6) is -2.16. The summed E-state index contributed by atoms with van der Waals surface area (Å²) < 4.78 is 17.8. The minimum Gasteiger partial charge on any atom is -0.481 e. The predicted molar refractivity (Wildman–Crippen MR) is 71.7 cm³/mol. The van der Waals surface area contributed by atoms with Crippen molar-refractivity contribution in [3.63, 3.8) is 0 Å². The number of pyridine rings is 1. The van der Waals surface area contributed by atoms with Gasteiger partial charge in [-0.15, -0.1) is 0 Å². The van der Waals surface area contributed by atoms with Gasteiger partial charge in [-0.25, -0.2) is 14.2 Å². The molecule has 21 heavy (non-hydrogen) atoms. The highest BCUT2D eigenvalue weighted by Gasteiger charge is 2.13. The molecular weight excluding hydrogens is 279 g/mol. The number of aromatic carboxylic acids is 1. The number of nitrogens with one attached hydrogen (secondary N) is 1. The van der Waals surface area contributed by atoms with E-state index in [-0.39, 0.29) is 18.1 Å². The quantitative estimate of drug-likeness (QED) is 0.878. The van der Waals surface area contributed by atoms with Gasteiger partial charge in [0.25, 0.3) is 5.91 Å². The molecule has 0 saturated heterocycles. The van der Waals surface area contributed by atoms with Crippen molar-refractivity contribution in [3.05, 3.63) is 54.1 Å². The molecule has 2 rings (SSSR count). The van der Waals surface area contributed by atoms with E-state index in [4.69, 9.17) is 9.84 Å². The molecule has 0 unspecified atom stereocenters. The molecule has 7 heteroatoms. The third-order valence-electron chi connectivity index (χ3n) is 2.46. The monoisotopic (exact) mass is 290 g/mol. The van der Waals surface area contributed by atoms with Crippen LogP contribution in [0.25, 0.3) is 0 Å². The minimum atomic E-state index is -1.25. The van der Waals surface area contributed by atoms with Crippen LogP contribution in [0.1, 0.15) is 10.5 Å². The number of ether oxygens (including phenoxy) is 1. The molecule has 0 spiro atoms. The smallest absolute Gasteiger partial charge is 0.358 e. The first-order valence-corrected chi connectivity index (χ1v) is 5.93. The molecule has 0 saturated carbocycles. The van der Waals surface area contributed by atoms with Crippen LogP contribution in [0.5, 0.6) is 5.75 Å². The van der Waals surface area contributed by atoms with Gasteiger partial charge in [-0.3, -0.25) is 4.79 Å². The summed E-state index contributed by atoms with van der Waals surface area (Å²) in [6.07, 6.45) is 1.31. The zero-order valence-electron chi connectivity index (χ0n) is 10.7. The molecule has 108 valence electrons. The number of nitrogens with zero attached hydrogens (tertiary/aromatic N) is 1. The first-order chi connectivity index (χ1) is 10.1. The van der Waals surface area contributed by atoms with Gasteiger partial charge >= 0.3 is 5.97 Å². The Labute approximate surface area is 119 Å². The van der Waals surface area contributed by atoms with Crippen LogP contribution in [0, 0.1) is 5.82 Å². The highest BCUT2D eigenvalue weighted by Crippen LogP contribution is 2.15. The lowest BCUT2D eigenvalue weighted by molar-refractivity contribution is -0.118. The Morgan fingerprint density at radius 2 is 1.95 bits per heavy atom. The number of aromatic nitrogens is 1. The number of rotatable bonds is 5. The zero-order valence-corrected chi connectivity index (χ0v) is 10.7. The van der Waals surface area contributed by atoms with E-state index in [2.05, 4.69) is 10.3 Å². The molecule has 1 aromatic carbocycles. The van der Waals surface area contributed by atoms with Crippen LogP contribution in [0.3, 0.4) is 0 Å². The lowest BCUT2D eigenvalue weighted by atomic mass is 10.3. The van der Waals surface area contributed by atoms with Gasteiger partial charge in [0, 0.05) is 11.9 Å². The summed E-state index contributed by atoms with van der Waals surface area (Å²) in [4.78, 5) is 26.2. The number of anilines is 1. The van der Waals surface area contributed by atoms with Gasteiger partial charge in [-0.2, -0.15) is 0 Å². The Bertz CT molecular complexity index is 658. The first kappa shape index (κ1) is 14.4. The maximum absolute atomic E-state index is 12.7. The average molecular weight is 290 g/mol. The second-order valence-corrected chi connectivity index (χ2v) is 4.00. The number of hydrogen-bond acceptors (Lipinski definition) is 4. The lowest BCUT2D eigenvalue weighted by Gasteiger charge is -2.08.